The van der Waals surface area contributed by atoms with Gasteiger partial charge in [0.1, 0.15) is 24.2 Å². The van der Waals surface area contributed by atoms with Gasteiger partial charge in [-0.3, -0.25) is 0 Å². The van der Waals surface area contributed by atoms with E-state index in [-0.39, 0.29) is 0 Å². The van der Waals surface area contributed by atoms with Gasteiger partial charge in [0.15, 0.2) is 5.76 Å². The Morgan fingerprint density at radius 1 is 1.13 bits per heavy atom. The molecule has 1 aromatic carbocycles. The standard InChI is InChI=1S/C24H27N3O3/c1-15-5-6-18(4)22(10-15)28-14-19-7-8-21(29-19)23-26-20(11-25)24(30-23)27-12-16(2)9-17(3)13-27/h5-8,10,16-17H,9,12-14H2,1-4H3/t16-,17-/m1/s1. The summed E-state index contributed by atoms with van der Waals surface area (Å²) in [5.74, 6) is 3.96. The number of aryl methyl sites for hydroxylation is 2. The maximum absolute atomic E-state index is 9.56. The fraction of sp³-hybridized carbons (Fsp3) is 0.417. The normalized spacial score (nSPS) is 19.0. The minimum atomic E-state index is 0.302. The minimum Gasteiger partial charge on any atom is -0.485 e. The quantitative estimate of drug-likeness (QED) is 0.559. The van der Waals surface area contributed by atoms with Crippen molar-refractivity contribution in [3.8, 4) is 23.5 Å². The largest absolute Gasteiger partial charge is 0.485 e. The smallest absolute Gasteiger partial charge is 0.266 e. The Labute approximate surface area is 177 Å². The first-order valence-electron chi connectivity index (χ1n) is 10.4. The predicted molar refractivity (Wildman–Crippen MR) is 114 cm³/mol. The molecule has 0 aliphatic carbocycles. The van der Waals surface area contributed by atoms with E-state index >= 15 is 0 Å². The highest BCUT2D eigenvalue weighted by molar-refractivity contribution is 5.56. The summed E-state index contributed by atoms with van der Waals surface area (Å²) < 4.78 is 17.8. The fourth-order valence-electron chi connectivity index (χ4n) is 4.12. The van der Waals surface area contributed by atoms with Crippen molar-refractivity contribution in [3.63, 3.8) is 0 Å². The molecule has 0 saturated carbocycles. The SMILES string of the molecule is Cc1ccc(C)c(OCc2ccc(-c3nc(C#N)c(N4C[C@H](C)C[C@@H](C)C4)o3)o2)c1. The second-order valence-electron chi connectivity index (χ2n) is 8.46. The summed E-state index contributed by atoms with van der Waals surface area (Å²) >= 11 is 0. The average molecular weight is 405 g/mol. The van der Waals surface area contributed by atoms with Crippen molar-refractivity contribution in [2.75, 3.05) is 18.0 Å². The highest BCUT2D eigenvalue weighted by atomic mass is 16.5. The lowest BCUT2D eigenvalue weighted by atomic mass is 9.92. The van der Waals surface area contributed by atoms with E-state index in [1.807, 2.05) is 32.0 Å². The van der Waals surface area contributed by atoms with Gasteiger partial charge in [0, 0.05) is 13.1 Å². The van der Waals surface area contributed by atoms with Crippen LogP contribution in [-0.2, 0) is 6.61 Å². The van der Waals surface area contributed by atoms with E-state index in [2.05, 4.69) is 35.9 Å². The van der Waals surface area contributed by atoms with E-state index in [0.717, 1.165) is 30.0 Å². The second kappa shape index (κ2) is 8.27. The van der Waals surface area contributed by atoms with Crippen molar-refractivity contribution < 1.29 is 13.6 Å². The van der Waals surface area contributed by atoms with Crippen LogP contribution >= 0.6 is 0 Å². The molecule has 1 aliphatic rings. The summed E-state index contributed by atoms with van der Waals surface area (Å²) in [7, 11) is 0. The molecule has 0 unspecified atom stereocenters. The van der Waals surface area contributed by atoms with Crippen LogP contribution in [-0.4, -0.2) is 18.1 Å². The van der Waals surface area contributed by atoms with E-state index in [1.54, 1.807) is 6.07 Å². The maximum atomic E-state index is 9.56. The van der Waals surface area contributed by atoms with Gasteiger partial charge in [-0.25, -0.2) is 0 Å². The van der Waals surface area contributed by atoms with Crippen LogP contribution in [0.2, 0.25) is 0 Å². The number of anilines is 1. The highest BCUT2D eigenvalue weighted by Gasteiger charge is 2.28. The number of ether oxygens (including phenoxy) is 1. The first-order valence-corrected chi connectivity index (χ1v) is 10.4. The number of nitrogens with zero attached hydrogens (tertiary/aromatic N) is 3. The molecule has 0 N–H and O–H groups in total. The Morgan fingerprint density at radius 3 is 2.63 bits per heavy atom. The van der Waals surface area contributed by atoms with Crippen LogP contribution in [0.25, 0.3) is 11.7 Å². The van der Waals surface area contributed by atoms with Gasteiger partial charge in [0.05, 0.1) is 0 Å². The van der Waals surface area contributed by atoms with Crippen molar-refractivity contribution >= 4 is 5.88 Å². The van der Waals surface area contributed by atoms with Crippen LogP contribution in [0.5, 0.6) is 5.75 Å². The van der Waals surface area contributed by atoms with E-state index < -0.39 is 0 Å². The molecule has 156 valence electrons. The van der Waals surface area contributed by atoms with E-state index in [0.29, 0.717) is 47.4 Å². The number of rotatable bonds is 5. The average Bonchev–Trinajstić information content (AvgIpc) is 3.34. The third-order valence-corrected chi connectivity index (χ3v) is 5.46. The van der Waals surface area contributed by atoms with Crippen LogP contribution in [0.15, 0.2) is 39.2 Å². The number of benzene rings is 1. The zero-order chi connectivity index (χ0) is 21.3. The molecular weight excluding hydrogens is 378 g/mol. The molecule has 1 aliphatic heterocycles. The Kier molecular flexibility index (Phi) is 5.54. The lowest BCUT2D eigenvalue weighted by Crippen LogP contribution is -2.38. The summed E-state index contributed by atoms with van der Waals surface area (Å²) in [5.41, 5.74) is 2.53. The predicted octanol–water partition coefficient (Wildman–Crippen LogP) is 5.48. The van der Waals surface area contributed by atoms with Gasteiger partial charge in [-0.05, 0) is 61.4 Å². The van der Waals surface area contributed by atoms with E-state index in [9.17, 15) is 5.26 Å². The maximum Gasteiger partial charge on any atom is 0.266 e. The Morgan fingerprint density at radius 2 is 1.90 bits per heavy atom. The van der Waals surface area contributed by atoms with Crippen LogP contribution in [0.1, 0.15) is 42.8 Å². The van der Waals surface area contributed by atoms with Gasteiger partial charge < -0.3 is 18.5 Å². The summed E-state index contributed by atoms with van der Waals surface area (Å²) in [6.45, 7) is 10.5. The molecule has 6 heteroatoms. The minimum absolute atomic E-state index is 0.302. The fourth-order valence-corrected chi connectivity index (χ4v) is 4.12. The second-order valence-corrected chi connectivity index (χ2v) is 8.46. The first-order chi connectivity index (χ1) is 14.4. The summed E-state index contributed by atoms with van der Waals surface area (Å²) in [6, 6.07) is 11.9. The molecule has 1 fully saturated rings. The number of hydrogen-bond acceptors (Lipinski definition) is 6. The van der Waals surface area contributed by atoms with E-state index in [4.69, 9.17) is 13.6 Å². The summed E-state index contributed by atoms with van der Waals surface area (Å²) in [4.78, 5) is 6.50. The third-order valence-electron chi connectivity index (χ3n) is 5.46. The molecule has 3 aromatic rings. The van der Waals surface area contributed by atoms with E-state index in [1.165, 1.54) is 6.42 Å². The number of hydrogen-bond donors (Lipinski definition) is 0. The van der Waals surface area contributed by atoms with Crippen molar-refractivity contribution in [1.82, 2.24) is 4.98 Å². The molecule has 30 heavy (non-hydrogen) atoms. The molecule has 0 radical (unpaired) electrons. The Hall–Kier alpha value is -3.20. The number of aromatic nitrogens is 1. The van der Waals surface area contributed by atoms with Gasteiger partial charge >= 0.3 is 0 Å². The molecule has 4 rings (SSSR count). The van der Waals surface area contributed by atoms with Crippen LogP contribution in [0.4, 0.5) is 5.88 Å². The van der Waals surface area contributed by atoms with Gasteiger partial charge in [0.2, 0.25) is 11.6 Å². The van der Waals surface area contributed by atoms with Crippen molar-refractivity contribution in [3.05, 3.63) is 52.9 Å². The van der Waals surface area contributed by atoms with Gasteiger partial charge in [0.25, 0.3) is 5.89 Å². The van der Waals surface area contributed by atoms with Gasteiger partial charge in [-0.2, -0.15) is 10.2 Å². The molecule has 0 bridgehead atoms. The molecule has 1 saturated heterocycles. The van der Waals surface area contributed by atoms with Crippen LogP contribution in [0, 0.1) is 37.0 Å². The zero-order valence-corrected chi connectivity index (χ0v) is 17.9. The molecule has 2 aromatic heterocycles. The monoisotopic (exact) mass is 405 g/mol. The van der Waals surface area contributed by atoms with Gasteiger partial charge in [-0.15, -0.1) is 0 Å². The molecule has 0 spiro atoms. The first kappa shape index (κ1) is 20.1. The molecule has 3 heterocycles. The third kappa shape index (κ3) is 4.20. The number of furan rings is 1. The molecule has 0 amide bonds. The van der Waals surface area contributed by atoms with Crippen molar-refractivity contribution in [2.45, 2.75) is 40.7 Å². The molecule has 2 atom stereocenters. The number of oxazole rings is 1. The molecule has 6 nitrogen and oxygen atoms in total. The number of piperidine rings is 1. The lowest BCUT2D eigenvalue weighted by molar-refractivity contribution is 0.269. The summed E-state index contributed by atoms with van der Waals surface area (Å²) in [6.07, 6.45) is 1.18. The van der Waals surface area contributed by atoms with Crippen LogP contribution in [0.3, 0.4) is 0 Å². The zero-order valence-electron chi connectivity index (χ0n) is 17.9. The van der Waals surface area contributed by atoms with Crippen molar-refractivity contribution in [2.24, 2.45) is 11.8 Å². The summed E-state index contributed by atoms with van der Waals surface area (Å²) in [5, 5.41) is 9.56. The van der Waals surface area contributed by atoms with Crippen LogP contribution < -0.4 is 9.64 Å². The number of nitriles is 1. The van der Waals surface area contributed by atoms with Crippen molar-refractivity contribution in [1.29, 1.82) is 5.26 Å². The topological polar surface area (TPSA) is 75.4 Å². The lowest BCUT2D eigenvalue weighted by Gasteiger charge is -2.34. The Bertz CT molecular complexity index is 1070. The highest BCUT2D eigenvalue weighted by Crippen LogP contribution is 2.33. The Balaban J connectivity index is 1.51. The molecular formula is C24H27N3O3. The van der Waals surface area contributed by atoms with Gasteiger partial charge in [-0.1, -0.05) is 26.0 Å².